The van der Waals surface area contributed by atoms with Gasteiger partial charge in [-0.15, -0.1) is 0 Å². The molecule has 3 unspecified atom stereocenters. The molecule has 1 aliphatic heterocycles. The van der Waals surface area contributed by atoms with Gasteiger partial charge in [0, 0.05) is 33.5 Å². The predicted octanol–water partition coefficient (Wildman–Crippen LogP) is 6.82. The normalized spacial score (nSPS) is 16.9. The molecule has 0 spiro atoms. The fraction of sp³-hybridized carbons (Fsp3) is 0.396. The first kappa shape index (κ1) is 43.4. The minimum Gasteiger partial charge on any atom is -0.489 e. The van der Waals surface area contributed by atoms with Crippen molar-refractivity contribution in [3.05, 3.63) is 136 Å². The van der Waals surface area contributed by atoms with Crippen LogP contribution in [0.4, 0.5) is 4.79 Å². The van der Waals surface area contributed by atoms with Gasteiger partial charge in [0.2, 0.25) is 17.7 Å². The molecular weight excluding hydrogens is 761 g/mol. The van der Waals surface area contributed by atoms with Crippen molar-refractivity contribution in [2.24, 2.45) is 0 Å². The summed E-state index contributed by atoms with van der Waals surface area (Å²) in [6.45, 7) is 7.27. The van der Waals surface area contributed by atoms with Gasteiger partial charge in [0.05, 0.1) is 18.7 Å². The zero-order valence-corrected chi connectivity index (χ0v) is 35.6. The maximum atomic E-state index is 15.1. The number of methoxy groups -OCH3 is 1. The van der Waals surface area contributed by atoms with Crippen LogP contribution >= 0.6 is 0 Å². The first-order valence-corrected chi connectivity index (χ1v) is 20.5. The van der Waals surface area contributed by atoms with E-state index in [1.54, 1.807) is 73.9 Å². The first-order chi connectivity index (χ1) is 28.6. The zero-order valence-electron chi connectivity index (χ0n) is 35.6. The minimum atomic E-state index is -1.09. The third kappa shape index (κ3) is 10.3. The molecule has 4 amide bonds. The first-order valence-electron chi connectivity index (χ1n) is 20.5. The highest BCUT2D eigenvalue weighted by Gasteiger charge is 2.41. The maximum absolute atomic E-state index is 15.1. The van der Waals surface area contributed by atoms with E-state index in [4.69, 9.17) is 14.2 Å². The summed E-state index contributed by atoms with van der Waals surface area (Å²) < 4.78 is 16.3. The number of aryl methyl sites for hydroxylation is 1. The van der Waals surface area contributed by atoms with Gasteiger partial charge in [-0.25, -0.2) is 9.59 Å². The molecule has 0 radical (unpaired) electrons. The van der Waals surface area contributed by atoms with Crippen LogP contribution in [-0.4, -0.2) is 89.4 Å². The van der Waals surface area contributed by atoms with Gasteiger partial charge in [-0.1, -0.05) is 72.8 Å². The molecule has 60 heavy (non-hydrogen) atoms. The fourth-order valence-electron chi connectivity index (χ4n) is 7.83. The predicted molar refractivity (Wildman–Crippen MR) is 227 cm³/mol. The summed E-state index contributed by atoms with van der Waals surface area (Å²) in [6.07, 6.45) is 2.49. The van der Waals surface area contributed by atoms with Crippen LogP contribution in [0.2, 0.25) is 0 Å². The van der Waals surface area contributed by atoms with Gasteiger partial charge in [-0.3, -0.25) is 19.3 Å². The average molecular weight is 817 g/mol. The topological polar surface area (TPSA) is 135 Å². The number of amides is 4. The van der Waals surface area contributed by atoms with E-state index >= 15 is 4.79 Å². The quantitative estimate of drug-likeness (QED) is 0.154. The van der Waals surface area contributed by atoms with E-state index in [1.807, 2.05) is 55.6 Å². The second-order valence-electron chi connectivity index (χ2n) is 16.7. The number of nitrogens with zero attached hydrogens (tertiary/aromatic N) is 3. The van der Waals surface area contributed by atoms with E-state index in [0.717, 1.165) is 47.1 Å². The summed E-state index contributed by atoms with van der Waals surface area (Å²) in [5.74, 6) is -0.946. The van der Waals surface area contributed by atoms with Crippen LogP contribution in [0.15, 0.2) is 97.1 Å². The van der Waals surface area contributed by atoms with E-state index in [0.29, 0.717) is 17.7 Å². The monoisotopic (exact) mass is 816 g/mol. The number of rotatable bonds is 12. The molecule has 0 saturated heterocycles. The van der Waals surface area contributed by atoms with Gasteiger partial charge in [0.15, 0.2) is 0 Å². The third-order valence-corrected chi connectivity index (χ3v) is 11.4. The summed E-state index contributed by atoms with van der Waals surface area (Å²) >= 11 is 0. The number of nitrogens with one attached hydrogen (secondary N) is 1. The molecule has 0 bridgehead atoms. The van der Waals surface area contributed by atoms with Crippen molar-refractivity contribution in [1.29, 1.82) is 0 Å². The van der Waals surface area contributed by atoms with Crippen LogP contribution in [0, 0.1) is 0 Å². The molecule has 4 aromatic rings. The lowest BCUT2D eigenvalue weighted by molar-refractivity contribution is -0.149. The molecule has 0 saturated carbocycles. The number of likely N-dealkylation sites (N-methyl/N-ethyl adjacent to an activating group) is 2. The summed E-state index contributed by atoms with van der Waals surface area (Å²) in [7, 11) is 4.64. The Balaban J connectivity index is 1.26. The van der Waals surface area contributed by atoms with Crippen LogP contribution in [0.25, 0.3) is 0 Å². The number of fused-ring (bicyclic) bond motifs is 2. The van der Waals surface area contributed by atoms with E-state index in [-0.39, 0.29) is 31.5 Å². The highest BCUT2D eigenvalue weighted by Crippen LogP contribution is 2.35. The van der Waals surface area contributed by atoms with Crippen molar-refractivity contribution in [3.63, 3.8) is 0 Å². The van der Waals surface area contributed by atoms with Gasteiger partial charge < -0.3 is 29.3 Å². The lowest BCUT2D eigenvalue weighted by atomic mass is 9.86. The van der Waals surface area contributed by atoms with Gasteiger partial charge in [0.25, 0.3) is 0 Å². The van der Waals surface area contributed by atoms with Crippen LogP contribution in [0.1, 0.15) is 90.3 Å². The summed E-state index contributed by atoms with van der Waals surface area (Å²) in [5.41, 5.74) is 5.57. The van der Waals surface area contributed by atoms with Crippen LogP contribution in [-0.2, 0) is 56.3 Å². The van der Waals surface area contributed by atoms with Crippen molar-refractivity contribution in [3.8, 4) is 5.75 Å². The van der Waals surface area contributed by atoms with Gasteiger partial charge in [-0.05, 0) is 105 Å². The summed E-state index contributed by atoms with van der Waals surface area (Å²) in [4.78, 5) is 73.2. The SMILES string of the molecule is COC(=O)c1ccc(COc2ccc(CC(NC(=O)C(C)N(C)C(=O)OC(C)(C)C)C(=O)N3Cc4ccccc4CC3C(=O)N(C)[C@@H]3CCCc4ccccc43)cc2)cc1. The Morgan fingerprint density at radius 3 is 2.13 bits per heavy atom. The van der Waals surface area contributed by atoms with Crippen molar-refractivity contribution >= 4 is 29.8 Å². The zero-order chi connectivity index (χ0) is 43.1. The number of benzene rings is 4. The highest BCUT2D eigenvalue weighted by molar-refractivity contribution is 5.94. The van der Waals surface area contributed by atoms with Crippen molar-refractivity contribution in [2.75, 3.05) is 21.2 Å². The number of hydrogen-bond acceptors (Lipinski definition) is 8. The molecule has 1 heterocycles. The van der Waals surface area contributed by atoms with Crippen molar-refractivity contribution < 1.29 is 38.2 Å². The van der Waals surface area contributed by atoms with E-state index in [2.05, 4.69) is 17.4 Å². The molecule has 0 fully saturated rings. The molecule has 2 aliphatic rings. The van der Waals surface area contributed by atoms with Gasteiger partial charge in [0.1, 0.15) is 36.1 Å². The van der Waals surface area contributed by atoms with Crippen LogP contribution < -0.4 is 10.1 Å². The number of carbonyl (C=O) groups is 5. The van der Waals surface area contributed by atoms with Crippen LogP contribution in [0.5, 0.6) is 5.75 Å². The Kier molecular flexibility index (Phi) is 13.6. The molecule has 4 aromatic carbocycles. The number of carbonyl (C=O) groups excluding carboxylic acids is 5. The molecule has 316 valence electrons. The van der Waals surface area contributed by atoms with Crippen LogP contribution in [0.3, 0.4) is 0 Å². The lowest BCUT2D eigenvalue weighted by Gasteiger charge is -2.42. The van der Waals surface area contributed by atoms with Gasteiger partial charge >= 0.3 is 12.1 Å². The van der Waals surface area contributed by atoms with Gasteiger partial charge in [-0.2, -0.15) is 0 Å². The largest absolute Gasteiger partial charge is 0.489 e. The van der Waals surface area contributed by atoms with Crippen molar-refractivity contribution in [2.45, 2.75) is 103 Å². The highest BCUT2D eigenvalue weighted by atomic mass is 16.6. The van der Waals surface area contributed by atoms with E-state index in [9.17, 15) is 19.2 Å². The second-order valence-corrected chi connectivity index (χ2v) is 16.7. The third-order valence-electron chi connectivity index (χ3n) is 11.4. The molecule has 12 heteroatoms. The second kappa shape index (κ2) is 18.8. The fourth-order valence-corrected chi connectivity index (χ4v) is 7.83. The molecule has 0 aromatic heterocycles. The standard InChI is InChI=1S/C48H56N4O8/c1-31(50(5)47(57)60-48(2,3)4)43(53)49-40(27-32-21-25-38(26-22-32)59-30-33-19-23-35(24-20-33)46(56)58-7)44(54)52-29-37-15-9-8-14-36(37)28-42(52)45(55)51(6)41-18-12-16-34-13-10-11-17-39(34)41/h8-11,13-15,17,19-26,31,40-42H,12,16,18,27-30H2,1-7H3,(H,49,53)/t31?,40?,41-,42?/m1/s1. The van der Waals surface area contributed by atoms with E-state index in [1.165, 1.54) is 24.6 Å². The Hall–Kier alpha value is -6.17. The molecule has 6 rings (SSSR count). The molecule has 1 aliphatic carbocycles. The number of esters is 1. The molecular formula is C48H56N4O8. The minimum absolute atomic E-state index is 0.105. The Bertz CT molecular complexity index is 2180. The molecule has 1 N–H and O–H groups in total. The summed E-state index contributed by atoms with van der Waals surface area (Å²) in [5, 5.41) is 2.96. The Morgan fingerprint density at radius 1 is 0.833 bits per heavy atom. The maximum Gasteiger partial charge on any atom is 0.410 e. The average Bonchev–Trinajstić information content (AvgIpc) is 3.25. The Labute approximate surface area is 352 Å². The lowest BCUT2D eigenvalue weighted by Crippen LogP contribution is -2.60. The number of hydrogen-bond donors (Lipinski definition) is 1. The number of ether oxygens (including phenoxy) is 3. The molecule has 4 atom stereocenters. The molecule has 12 nitrogen and oxygen atoms in total. The van der Waals surface area contributed by atoms with Crippen molar-refractivity contribution in [1.82, 2.24) is 20.0 Å². The summed E-state index contributed by atoms with van der Waals surface area (Å²) in [6, 6.07) is 27.2. The smallest absolute Gasteiger partial charge is 0.410 e. The van der Waals surface area contributed by atoms with E-state index < -0.39 is 47.6 Å². The Morgan fingerprint density at radius 2 is 1.47 bits per heavy atom.